The predicted molar refractivity (Wildman–Crippen MR) is 127 cm³/mol. The van der Waals surface area contributed by atoms with Gasteiger partial charge in [-0.25, -0.2) is 0 Å². The van der Waals surface area contributed by atoms with Crippen LogP contribution in [0.1, 0.15) is 78.2 Å². The van der Waals surface area contributed by atoms with Crippen molar-refractivity contribution in [3.63, 3.8) is 0 Å². The van der Waals surface area contributed by atoms with Crippen molar-refractivity contribution >= 4 is 12.8 Å². The molecule has 1 saturated carbocycles. The normalized spacial score (nSPS) is 24.0. The van der Waals surface area contributed by atoms with Crippen molar-refractivity contribution in [1.29, 1.82) is 0 Å². The van der Waals surface area contributed by atoms with Crippen molar-refractivity contribution in [2.24, 2.45) is 16.9 Å². The quantitative estimate of drug-likeness (QED) is 0.313. The summed E-state index contributed by atoms with van der Waals surface area (Å²) in [5.41, 5.74) is 2.10. The summed E-state index contributed by atoms with van der Waals surface area (Å²) >= 11 is 0. The van der Waals surface area contributed by atoms with Crippen molar-refractivity contribution in [3.8, 4) is 0 Å². The fourth-order valence-electron chi connectivity index (χ4n) is 4.98. The zero-order valence-corrected chi connectivity index (χ0v) is 20.1. The number of hydrazone groups is 1. The van der Waals surface area contributed by atoms with Crippen molar-refractivity contribution < 1.29 is 9.31 Å². The van der Waals surface area contributed by atoms with E-state index in [9.17, 15) is 0 Å². The molecule has 166 valence electrons. The molecular weight excluding hydrogens is 371 g/mol. The second-order valence-electron chi connectivity index (χ2n) is 10.4. The van der Waals surface area contributed by atoms with Crippen molar-refractivity contribution in [1.82, 2.24) is 5.01 Å². The molecule has 0 N–H and O–H groups in total. The van der Waals surface area contributed by atoms with Gasteiger partial charge in [0.25, 0.3) is 0 Å². The molecule has 1 aliphatic carbocycles. The lowest BCUT2D eigenvalue weighted by molar-refractivity contribution is 0.00578. The average Bonchev–Trinajstić information content (AvgIpc) is 2.91. The second-order valence-corrected chi connectivity index (χ2v) is 10.4. The van der Waals surface area contributed by atoms with Crippen LogP contribution in [0.2, 0.25) is 6.32 Å². The zero-order chi connectivity index (χ0) is 21.9. The highest BCUT2D eigenvalue weighted by Crippen LogP contribution is 2.42. The fourth-order valence-corrected chi connectivity index (χ4v) is 4.98. The summed E-state index contributed by atoms with van der Waals surface area (Å²) in [7, 11) is 3.89. The summed E-state index contributed by atoms with van der Waals surface area (Å²) in [4.78, 5) is 0. The molecular formula is C25H41BN2O2. The predicted octanol–water partition coefficient (Wildman–Crippen LogP) is 6.00. The number of rotatable bonds is 7. The van der Waals surface area contributed by atoms with E-state index in [1.807, 2.05) is 19.1 Å². The van der Waals surface area contributed by atoms with Crippen molar-refractivity contribution in [2.75, 3.05) is 14.1 Å². The Morgan fingerprint density at radius 2 is 1.60 bits per heavy atom. The van der Waals surface area contributed by atoms with E-state index in [1.54, 1.807) is 0 Å². The van der Waals surface area contributed by atoms with E-state index in [0.717, 1.165) is 6.32 Å². The molecule has 0 unspecified atom stereocenters. The Morgan fingerprint density at radius 3 is 2.13 bits per heavy atom. The fraction of sp³-hybridized carbons (Fsp3) is 0.720. The molecule has 2 atom stereocenters. The van der Waals surface area contributed by atoms with Gasteiger partial charge in [-0.2, -0.15) is 5.10 Å². The molecule has 1 aliphatic heterocycles. The summed E-state index contributed by atoms with van der Waals surface area (Å²) in [6, 6.07) is 10.9. The summed E-state index contributed by atoms with van der Waals surface area (Å²) < 4.78 is 12.8. The molecule has 0 aromatic heterocycles. The smallest absolute Gasteiger partial charge is 0.403 e. The first-order valence-electron chi connectivity index (χ1n) is 11.8. The van der Waals surface area contributed by atoms with E-state index in [4.69, 9.17) is 14.4 Å². The van der Waals surface area contributed by atoms with Gasteiger partial charge in [-0.15, -0.1) is 0 Å². The average molecular weight is 412 g/mol. The first-order chi connectivity index (χ1) is 14.1. The van der Waals surface area contributed by atoms with E-state index in [0.29, 0.717) is 17.8 Å². The van der Waals surface area contributed by atoms with Crippen LogP contribution in [-0.4, -0.2) is 43.1 Å². The van der Waals surface area contributed by atoms with Gasteiger partial charge >= 0.3 is 7.12 Å². The summed E-state index contributed by atoms with van der Waals surface area (Å²) in [5.74, 6) is 1.22. The number of benzene rings is 1. The third-order valence-electron chi connectivity index (χ3n) is 7.39. The molecule has 3 rings (SSSR count). The first kappa shape index (κ1) is 23.3. The van der Waals surface area contributed by atoms with Crippen LogP contribution in [0.3, 0.4) is 0 Å². The van der Waals surface area contributed by atoms with Gasteiger partial charge in [0.1, 0.15) is 0 Å². The molecule has 2 fully saturated rings. The zero-order valence-electron chi connectivity index (χ0n) is 20.1. The topological polar surface area (TPSA) is 34.1 Å². The lowest BCUT2D eigenvalue weighted by Gasteiger charge is -2.33. The van der Waals surface area contributed by atoms with Gasteiger partial charge in [0.15, 0.2) is 0 Å². The van der Waals surface area contributed by atoms with Crippen LogP contribution in [0, 0.1) is 11.8 Å². The molecule has 5 heteroatoms. The van der Waals surface area contributed by atoms with Gasteiger partial charge in [0.05, 0.1) is 11.2 Å². The lowest BCUT2D eigenvalue weighted by Crippen LogP contribution is -2.41. The first-order valence-corrected chi connectivity index (χ1v) is 11.8. The molecule has 0 amide bonds. The molecule has 1 aromatic rings. The standard InChI is InChI=1S/C25H41BN2O2/c1-19(23(27-28(6)7)21-16-12-9-13-17-21)22(20-14-10-8-11-15-20)18-26-29-24(2,3)25(4,5)30-26/h8,10-11,14-15,19,21-22H,9,12-13,16-18H2,1-7H3/b27-23-/t19-,22-/m1/s1. The summed E-state index contributed by atoms with van der Waals surface area (Å²) in [5, 5.41) is 7.03. The monoisotopic (exact) mass is 412 g/mol. The largest absolute Gasteiger partial charge is 0.458 e. The number of hydrogen-bond acceptors (Lipinski definition) is 4. The van der Waals surface area contributed by atoms with E-state index in [1.165, 1.54) is 43.4 Å². The Morgan fingerprint density at radius 1 is 1.03 bits per heavy atom. The lowest BCUT2D eigenvalue weighted by atomic mass is 9.67. The summed E-state index contributed by atoms with van der Waals surface area (Å²) in [6.07, 6.45) is 7.35. The van der Waals surface area contributed by atoms with Crippen LogP contribution in [0.25, 0.3) is 0 Å². The van der Waals surface area contributed by atoms with Gasteiger partial charge in [-0.05, 0) is 64.3 Å². The third kappa shape index (κ3) is 5.29. The maximum absolute atomic E-state index is 6.40. The van der Waals surface area contributed by atoms with Crippen LogP contribution in [0.15, 0.2) is 35.4 Å². The minimum atomic E-state index is -0.300. The Bertz CT molecular complexity index is 695. The van der Waals surface area contributed by atoms with Gasteiger partial charge in [-0.1, -0.05) is 56.5 Å². The summed E-state index contributed by atoms with van der Waals surface area (Å²) in [6.45, 7) is 10.9. The van der Waals surface area contributed by atoms with Crippen molar-refractivity contribution in [3.05, 3.63) is 35.9 Å². The maximum atomic E-state index is 6.40. The van der Waals surface area contributed by atoms with Crippen LogP contribution in [0.5, 0.6) is 0 Å². The number of hydrogen-bond donors (Lipinski definition) is 0. The van der Waals surface area contributed by atoms with E-state index < -0.39 is 0 Å². The third-order valence-corrected chi connectivity index (χ3v) is 7.39. The highest BCUT2D eigenvalue weighted by molar-refractivity contribution is 6.45. The Kier molecular flexibility index (Phi) is 7.34. The highest BCUT2D eigenvalue weighted by Gasteiger charge is 2.52. The molecule has 0 radical (unpaired) electrons. The molecule has 0 bridgehead atoms. The molecule has 1 saturated heterocycles. The molecule has 4 nitrogen and oxygen atoms in total. The Hall–Kier alpha value is -1.33. The van der Waals surface area contributed by atoms with Gasteiger partial charge in [-0.3, -0.25) is 0 Å². The molecule has 0 spiro atoms. The molecule has 1 aromatic carbocycles. The molecule has 1 heterocycles. The van der Waals surface area contributed by atoms with Crippen molar-refractivity contribution in [2.45, 2.75) is 90.2 Å². The minimum Gasteiger partial charge on any atom is -0.403 e. The van der Waals surface area contributed by atoms with Crippen LogP contribution >= 0.6 is 0 Å². The van der Waals surface area contributed by atoms with Gasteiger partial charge < -0.3 is 14.3 Å². The second kappa shape index (κ2) is 9.44. The SMILES string of the molecule is C[C@@H](/C(=N/N(C)C)C1CCCCC1)[C@@H](CB1OC(C)(C)C(C)(C)O1)c1ccccc1. The van der Waals surface area contributed by atoms with Gasteiger partial charge in [0.2, 0.25) is 0 Å². The van der Waals surface area contributed by atoms with E-state index >= 15 is 0 Å². The van der Waals surface area contributed by atoms with E-state index in [2.05, 4.69) is 65.0 Å². The molecule has 30 heavy (non-hydrogen) atoms. The number of nitrogens with zero attached hydrogens (tertiary/aromatic N) is 2. The maximum Gasteiger partial charge on any atom is 0.458 e. The van der Waals surface area contributed by atoms with Crippen LogP contribution in [0.4, 0.5) is 0 Å². The Balaban J connectivity index is 1.89. The Labute approximate surface area is 184 Å². The van der Waals surface area contributed by atoms with Crippen LogP contribution < -0.4 is 0 Å². The molecule has 2 aliphatic rings. The minimum absolute atomic E-state index is 0.199. The van der Waals surface area contributed by atoms with E-state index in [-0.39, 0.29) is 18.3 Å². The highest BCUT2D eigenvalue weighted by atomic mass is 16.7. The van der Waals surface area contributed by atoms with Gasteiger partial charge in [0, 0.05) is 25.7 Å². The van der Waals surface area contributed by atoms with Crippen LogP contribution in [-0.2, 0) is 9.31 Å².